The smallest absolute Gasteiger partial charge is 0.138 e. The van der Waals surface area contributed by atoms with Gasteiger partial charge < -0.3 is 9.84 Å². The molecule has 0 aromatic rings. The molecule has 2 fully saturated rings. The van der Waals surface area contributed by atoms with Gasteiger partial charge in [-0.15, -0.1) is 0 Å². The highest BCUT2D eigenvalue weighted by Gasteiger charge is 2.42. The van der Waals surface area contributed by atoms with Gasteiger partial charge in [-0.3, -0.25) is 4.79 Å². The van der Waals surface area contributed by atoms with E-state index in [1.165, 1.54) is 0 Å². The SMILES string of the molecule is C[C@H]1O[C@@H]2CCC(=O)[C@@H](C2)[C@@H]1O. The van der Waals surface area contributed by atoms with E-state index in [2.05, 4.69) is 0 Å². The lowest BCUT2D eigenvalue weighted by Crippen LogP contribution is -2.49. The average molecular weight is 170 g/mol. The number of Topliss-reactive ketones (excluding diaryl/α,β-unsaturated/α-hetero) is 1. The van der Waals surface area contributed by atoms with E-state index in [0.29, 0.717) is 6.42 Å². The highest BCUT2D eigenvalue weighted by atomic mass is 16.5. The third-order valence-corrected chi connectivity index (χ3v) is 2.94. The molecule has 1 saturated heterocycles. The van der Waals surface area contributed by atoms with Gasteiger partial charge in [-0.2, -0.15) is 0 Å². The first-order valence-electron chi connectivity index (χ1n) is 4.54. The highest BCUT2D eigenvalue weighted by Crippen LogP contribution is 2.33. The van der Waals surface area contributed by atoms with Crippen LogP contribution < -0.4 is 0 Å². The van der Waals surface area contributed by atoms with Crippen LogP contribution in [0.15, 0.2) is 0 Å². The molecule has 12 heavy (non-hydrogen) atoms. The second kappa shape index (κ2) is 2.82. The van der Waals surface area contributed by atoms with Crippen LogP contribution in [-0.4, -0.2) is 29.2 Å². The molecule has 0 aromatic heterocycles. The molecule has 68 valence electrons. The fourth-order valence-corrected chi connectivity index (χ4v) is 2.19. The number of carbonyl (C=O) groups is 1. The van der Waals surface area contributed by atoms with Crippen molar-refractivity contribution in [3.63, 3.8) is 0 Å². The summed E-state index contributed by atoms with van der Waals surface area (Å²) in [7, 11) is 0. The van der Waals surface area contributed by atoms with Crippen LogP contribution in [-0.2, 0) is 9.53 Å². The lowest BCUT2D eigenvalue weighted by Gasteiger charge is -2.40. The Labute approximate surface area is 71.7 Å². The molecule has 0 spiro atoms. The van der Waals surface area contributed by atoms with Gasteiger partial charge in [-0.25, -0.2) is 0 Å². The van der Waals surface area contributed by atoms with E-state index in [1.807, 2.05) is 6.92 Å². The number of carbonyl (C=O) groups excluding carboxylic acids is 1. The number of aliphatic hydroxyl groups excluding tert-OH is 1. The van der Waals surface area contributed by atoms with E-state index in [4.69, 9.17) is 4.74 Å². The van der Waals surface area contributed by atoms with E-state index in [0.717, 1.165) is 12.8 Å². The van der Waals surface area contributed by atoms with Gasteiger partial charge in [0.05, 0.1) is 18.3 Å². The molecule has 3 nitrogen and oxygen atoms in total. The quantitative estimate of drug-likeness (QED) is 0.576. The van der Waals surface area contributed by atoms with Gasteiger partial charge in [0.25, 0.3) is 0 Å². The summed E-state index contributed by atoms with van der Waals surface area (Å²) < 4.78 is 5.52. The Balaban J connectivity index is 2.15. The predicted molar refractivity (Wildman–Crippen MR) is 42.7 cm³/mol. The fraction of sp³-hybridized carbons (Fsp3) is 0.889. The number of fused-ring (bicyclic) bond motifs is 2. The van der Waals surface area contributed by atoms with Crippen LogP contribution in [0.1, 0.15) is 26.2 Å². The molecule has 2 aliphatic rings. The molecular formula is C9H14O3. The highest BCUT2D eigenvalue weighted by molar-refractivity contribution is 5.82. The Morgan fingerprint density at radius 3 is 3.08 bits per heavy atom. The maximum Gasteiger partial charge on any atom is 0.138 e. The summed E-state index contributed by atoms with van der Waals surface area (Å²) in [6, 6.07) is 0. The van der Waals surface area contributed by atoms with E-state index in [1.54, 1.807) is 0 Å². The molecule has 3 heteroatoms. The van der Waals surface area contributed by atoms with Crippen molar-refractivity contribution in [1.29, 1.82) is 0 Å². The summed E-state index contributed by atoms with van der Waals surface area (Å²) in [5.41, 5.74) is 0. The van der Waals surface area contributed by atoms with Crippen molar-refractivity contribution in [2.24, 2.45) is 5.92 Å². The number of rotatable bonds is 0. The van der Waals surface area contributed by atoms with Crippen LogP contribution in [0, 0.1) is 5.92 Å². The summed E-state index contributed by atoms with van der Waals surface area (Å²) in [4.78, 5) is 11.3. The number of hydrogen-bond donors (Lipinski definition) is 1. The summed E-state index contributed by atoms with van der Waals surface area (Å²) in [5, 5.41) is 9.61. The maximum atomic E-state index is 11.3. The van der Waals surface area contributed by atoms with Gasteiger partial charge in [0.2, 0.25) is 0 Å². The van der Waals surface area contributed by atoms with Gasteiger partial charge in [-0.1, -0.05) is 0 Å². The summed E-state index contributed by atoms with van der Waals surface area (Å²) in [6.07, 6.45) is 1.62. The Hall–Kier alpha value is -0.410. The Morgan fingerprint density at radius 2 is 2.33 bits per heavy atom. The number of aliphatic hydroxyl groups is 1. The van der Waals surface area contributed by atoms with E-state index in [-0.39, 0.29) is 23.9 Å². The standard InChI is InChI=1S/C9H14O3/c1-5-9(11)7-4-6(12-5)2-3-8(7)10/h5-7,9,11H,2-4H2,1H3/t5-,6-,7-,9-/m1/s1. The minimum absolute atomic E-state index is 0.146. The molecule has 1 aliphatic heterocycles. The van der Waals surface area contributed by atoms with Crippen LogP contribution in [0.5, 0.6) is 0 Å². The summed E-state index contributed by atoms with van der Waals surface area (Å²) >= 11 is 0. The summed E-state index contributed by atoms with van der Waals surface area (Å²) in [5.74, 6) is 0.0707. The molecule has 0 radical (unpaired) electrons. The molecule has 1 heterocycles. The first-order chi connectivity index (χ1) is 5.68. The van der Waals surface area contributed by atoms with Crippen molar-refractivity contribution in [2.75, 3.05) is 0 Å². The second-order valence-electron chi connectivity index (χ2n) is 3.80. The van der Waals surface area contributed by atoms with Crippen molar-refractivity contribution in [3.05, 3.63) is 0 Å². The van der Waals surface area contributed by atoms with Gasteiger partial charge in [-0.05, 0) is 19.8 Å². The third-order valence-electron chi connectivity index (χ3n) is 2.94. The zero-order valence-corrected chi connectivity index (χ0v) is 7.19. The molecule has 1 aliphatic carbocycles. The summed E-state index contributed by atoms with van der Waals surface area (Å²) in [6.45, 7) is 1.84. The number of ketones is 1. The molecule has 4 atom stereocenters. The number of hydrogen-bond acceptors (Lipinski definition) is 3. The second-order valence-corrected chi connectivity index (χ2v) is 3.80. The zero-order chi connectivity index (χ0) is 8.72. The van der Waals surface area contributed by atoms with Crippen LogP contribution in [0.3, 0.4) is 0 Å². The van der Waals surface area contributed by atoms with Gasteiger partial charge in [0, 0.05) is 12.3 Å². The minimum atomic E-state index is -0.575. The average Bonchev–Trinajstić information content (AvgIpc) is 2.06. The first-order valence-corrected chi connectivity index (χ1v) is 4.54. The molecule has 0 unspecified atom stereocenters. The molecular weight excluding hydrogens is 156 g/mol. The Bertz CT molecular complexity index is 202. The van der Waals surface area contributed by atoms with Crippen molar-refractivity contribution >= 4 is 5.78 Å². The predicted octanol–water partition coefficient (Wildman–Crippen LogP) is 0.504. The molecule has 2 rings (SSSR count). The minimum Gasteiger partial charge on any atom is -0.390 e. The van der Waals surface area contributed by atoms with Crippen molar-refractivity contribution in [1.82, 2.24) is 0 Å². The molecule has 0 aromatic carbocycles. The topological polar surface area (TPSA) is 46.5 Å². The monoisotopic (exact) mass is 170 g/mol. The molecule has 1 N–H and O–H groups in total. The first kappa shape index (κ1) is 8.20. The third kappa shape index (κ3) is 1.17. The lowest BCUT2D eigenvalue weighted by atomic mass is 9.78. The molecule has 2 bridgehead atoms. The van der Waals surface area contributed by atoms with Crippen LogP contribution in [0.2, 0.25) is 0 Å². The van der Waals surface area contributed by atoms with Crippen molar-refractivity contribution in [3.8, 4) is 0 Å². The van der Waals surface area contributed by atoms with Crippen LogP contribution in [0.4, 0.5) is 0 Å². The number of ether oxygens (including phenoxy) is 1. The normalized spacial score (nSPS) is 47.7. The fourth-order valence-electron chi connectivity index (χ4n) is 2.19. The maximum absolute atomic E-state index is 11.3. The van der Waals surface area contributed by atoms with Crippen LogP contribution in [0.25, 0.3) is 0 Å². The van der Waals surface area contributed by atoms with Gasteiger partial charge in [0.1, 0.15) is 5.78 Å². The molecule has 1 saturated carbocycles. The van der Waals surface area contributed by atoms with Gasteiger partial charge >= 0.3 is 0 Å². The van der Waals surface area contributed by atoms with Gasteiger partial charge in [0.15, 0.2) is 0 Å². The van der Waals surface area contributed by atoms with E-state index >= 15 is 0 Å². The van der Waals surface area contributed by atoms with Crippen LogP contribution >= 0.6 is 0 Å². The van der Waals surface area contributed by atoms with E-state index in [9.17, 15) is 9.90 Å². The van der Waals surface area contributed by atoms with Crippen molar-refractivity contribution < 1.29 is 14.6 Å². The Morgan fingerprint density at radius 1 is 1.58 bits per heavy atom. The molecule has 0 amide bonds. The van der Waals surface area contributed by atoms with Crippen molar-refractivity contribution in [2.45, 2.75) is 44.5 Å². The Kier molecular flexibility index (Phi) is 1.93. The van der Waals surface area contributed by atoms with E-state index < -0.39 is 6.10 Å². The zero-order valence-electron chi connectivity index (χ0n) is 7.19. The largest absolute Gasteiger partial charge is 0.390 e. The lowest BCUT2D eigenvalue weighted by molar-refractivity contribution is -0.168.